The van der Waals surface area contributed by atoms with Crippen LogP contribution in [0.1, 0.15) is 29.6 Å². The van der Waals surface area contributed by atoms with Crippen molar-refractivity contribution in [2.75, 3.05) is 24.5 Å². The van der Waals surface area contributed by atoms with E-state index in [1.165, 1.54) is 18.2 Å². The lowest BCUT2D eigenvalue weighted by atomic mass is 10.1. The molecular formula is C19H22FN5O2. The summed E-state index contributed by atoms with van der Waals surface area (Å²) in [5, 5.41) is 5.55. The molecule has 27 heavy (non-hydrogen) atoms. The Kier molecular flexibility index (Phi) is 6.30. The predicted molar refractivity (Wildman–Crippen MR) is 98.8 cm³/mol. The standard InChI is InChI=1S/C19H22FN5O2/c20-16-7-2-1-6-15(16)18(27)21-11-8-17(26)24-14-5-3-12-25(13-14)19-22-9-4-10-23-19/h1-2,4,6-7,9-10,14H,3,5,8,11-13H2,(H,21,27)(H,24,26)/t14-/m1/s1. The molecule has 8 heteroatoms. The van der Waals surface area contributed by atoms with E-state index in [2.05, 4.69) is 25.5 Å². The second-order valence-electron chi connectivity index (χ2n) is 6.39. The fraction of sp³-hybridized carbons (Fsp3) is 0.368. The molecule has 0 radical (unpaired) electrons. The van der Waals surface area contributed by atoms with Crippen LogP contribution in [0.25, 0.3) is 0 Å². The second-order valence-corrected chi connectivity index (χ2v) is 6.39. The lowest BCUT2D eigenvalue weighted by Crippen LogP contribution is -2.48. The number of amides is 2. The summed E-state index contributed by atoms with van der Waals surface area (Å²) in [5.41, 5.74) is -0.0244. The second kappa shape index (κ2) is 9.07. The molecule has 1 saturated heterocycles. The summed E-state index contributed by atoms with van der Waals surface area (Å²) >= 11 is 0. The van der Waals surface area contributed by atoms with Gasteiger partial charge in [-0.1, -0.05) is 12.1 Å². The number of hydrogen-bond acceptors (Lipinski definition) is 5. The van der Waals surface area contributed by atoms with E-state index in [4.69, 9.17) is 0 Å². The third kappa shape index (κ3) is 5.22. The number of carbonyl (C=O) groups excluding carboxylic acids is 2. The molecule has 0 unspecified atom stereocenters. The molecule has 1 aliphatic rings. The monoisotopic (exact) mass is 371 g/mol. The van der Waals surface area contributed by atoms with Gasteiger partial charge >= 0.3 is 0 Å². The van der Waals surface area contributed by atoms with Crippen LogP contribution >= 0.6 is 0 Å². The predicted octanol–water partition coefficient (Wildman–Crippen LogP) is 1.52. The van der Waals surface area contributed by atoms with E-state index in [1.807, 2.05) is 0 Å². The molecule has 7 nitrogen and oxygen atoms in total. The first-order valence-electron chi connectivity index (χ1n) is 8.97. The van der Waals surface area contributed by atoms with E-state index in [-0.39, 0.29) is 30.5 Å². The van der Waals surface area contributed by atoms with Gasteiger partial charge in [-0.25, -0.2) is 14.4 Å². The largest absolute Gasteiger partial charge is 0.352 e. The zero-order chi connectivity index (χ0) is 19.1. The molecule has 142 valence electrons. The molecule has 2 N–H and O–H groups in total. The first kappa shape index (κ1) is 18.8. The van der Waals surface area contributed by atoms with Crippen LogP contribution in [0.2, 0.25) is 0 Å². The van der Waals surface area contributed by atoms with Gasteiger partial charge in [-0.15, -0.1) is 0 Å². The van der Waals surface area contributed by atoms with Gasteiger partial charge < -0.3 is 15.5 Å². The molecule has 0 saturated carbocycles. The van der Waals surface area contributed by atoms with Gasteiger partial charge in [-0.2, -0.15) is 0 Å². The molecule has 2 aromatic rings. The number of halogens is 1. The van der Waals surface area contributed by atoms with Crippen LogP contribution in [-0.4, -0.2) is 47.5 Å². The molecule has 1 aromatic heterocycles. The van der Waals surface area contributed by atoms with Gasteiger partial charge in [-0.05, 0) is 31.0 Å². The summed E-state index contributed by atoms with van der Waals surface area (Å²) in [4.78, 5) is 34.6. The summed E-state index contributed by atoms with van der Waals surface area (Å²) < 4.78 is 13.6. The van der Waals surface area contributed by atoms with Crippen molar-refractivity contribution >= 4 is 17.8 Å². The molecule has 1 atom stereocenters. The van der Waals surface area contributed by atoms with E-state index in [9.17, 15) is 14.0 Å². The maximum absolute atomic E-state index is 13.6. The number of piperidine rings is 1. The van der Waals surface area contributed by atoms with Gasteiger partial charge in [0.1, 0.15) is 5.82 Å². The fourth-order valence-electron chi connectivity index (χ4n) is 3.06. The van der Waals surface area contributed by atoms with Gasteiger partial charge in [-0.3, -0.25) is 9.59 Å². The van der Waals surface area contributed by atoms with Crippen molar-refractivity contribution in [2.24, 2.45) is 0 Å². The minimum atomic E-state index is -0.579. The van der Waals surface area contributed by atoms with Crippen LogP contribution < -0.4 is 15.5 Å². The summed E-state index contributed by atoms with van der Waals surface area (Å²) in [6, 6.07) is 7.53. The van der Waals surface area contributed by atoms with Gasteiger partial charge in [0.05, 0.1) is 5.56 Å². The van der Waals surface area contributed by atoms with Gasteiger partial charge in [0.25, 0.3) is 5.91 Å². The molecule has 3 rings (SSSR count). The SMILES string of the molecule is O=C(CCNC(=O)c1ccccc1F)N[C@@H]1CCCN(c2ncccn2)C1. The number of aromatic nitrogens is 2. The van der Waals surface area contributed by atoms with Crippen LogP contribution in [0.15, 0.2) is 42.7 Å². The maximum Gasteiger partial charge on any atom is 0.254 e. The van der Waals surface area contributed by atoms with Gasteiger partial charge in [0.2, 0.25) is 11.9 Å². The molecule has 1 fully saturated rings. The molecule has 2 heterocycles. The highest BCUT2D eigenvalue weighted by Crippen LogP contribution is 2.15. The van der Waals surface area contributed by atoms with Crippen molar-refractivity contribution < 1.29 is 14.0 Å². The number of nitrogens with one attached hydrogen (secondary N) is 2. The average molecular weight is 371 g/mol. The summed E-state index contributed by atoms with van der Waals surface area (Å²) in [5.74, 6) is -0.589. The van der Waals surface area contributed by atoms with Crippen LogP contribution in [0, 0.1) is 5.82 Å². The highest BCUT2D eigenvalue weighted by Gasteiger charge is 2.22. The van der Waals surface area contributed by atoms with E-state index in [0.29, 0.717) is 12.5 Å². The Morgan fingerprint density at radius 1 is 1.19 bits per heavy atom. The van der Waals surface area contributed by atoms with Gasteiger partial charge in [0.15, 0.2) is 0 Å². The lowest BCUT2D eigenvalue weighted by Gasteiger charge is -2.33. The van der Waals surface area contributed by atoms with Crippen molar-refractivity contribution in [3.8, 4) is 0 Å². The third-order valence-corrected chi connectivity index (χ3v) is 4.38. The van der Waals surface area contributed by atoms with Gasteiger partial charge in [0, 0.05) is 44.5 Å². The summed E-state index contributed by atoms with van der Waals surface area (Å²) in [6.45, 7) is 1.66. The highest BCUT2D eigenvalue weighted by atomic mass is 19.1. The normalized spacial score (nSPS) is 16.6. The number of carbonyl (C=O) groups is 2. The van der Waals surface area contributed by atoms with Crippen LogP contribution in [0.3, 0.4) is 0 Å². The number of nitrogens with zero attached hydrogens (tertiary/aromatic N) is 3. The Bertz CT molecular complexity index is 787. The minimum absolute atomic E-state index is 0.0114. The van der Waals surface area contributed by atoms with Crippen molar-refractivity contribution in [2.45, 2.75) is 25.3 Å². The van der Waals surface area contributed by atoms with Crippen molar-refractivity contribution in [3.05, 3.63) is 54.1 Å². The Morgan fingerprint density at radius 2 is 1.96 bits per heavy atom. The van der Waals surface area contributed by atoms with E-state index in [0.717, 1.165) is 19.4 Å². The Labute approximate surface area is 157 Å². The maximum atomic E-state index is 13.6. The minimum Gasteiger partial charge on any atom is -0.352 e. The topological polar surface area (TPSA) is 87.2 Å². The number of rotatable bonds is 6. The summed E-state index contributed by atoms with van der Waals surface area (Å²) in [6.07, 6.45) is 5.36. The molecule has 2 amide bonds. The third-order valence-electron chi connectivity index (χ3n) is 4.38. The Hall–Kier alpha value is -3.03. The quantitative estimate of drug-likeness (QED) is 0.804. The van der Waals surface area contributed by atoms with Crippen LogP contribution in [0.4, 0.5) is 10.3 Å². The zero-order valence-corrected chi connectivity index (χ0v) is 14.9. The molecule has 1 aliphatic heterocycles. The smallest absolute Gasteiger partial charge is 0.254 e. The van der Waals surface area contributed by atoms with E-state index in [1.54, 1.807) is 24.5 Å². The van der Waals surface area contributed by atoms with Crippen molar-refractivity contribution in [1.82, 2.24) is 20.6 Å². The van der Waals surface area contributed by atoms with Crippen LogP contribution in [-0.2, 0) is 4.79 Å². The van der Waals surface area contributed by atoms with E-state index >= 15 is 0 Å². The number of benzene rings is 1. The number of anilines is 1. The summed E-state index contributed by atoms with van der Waals surface area (Å²) in [7, 11) is 0. The molecule has 0 aliphatic carbocycles. The van der Waals surface area contributed by atoms with Crippen molar-refractivity contribution in [3.63, 3.8) is 0 Å². The fourth-order valence-corrected chi connectivity index (χ4v) is 3.06. The molecular weight excluding hydrogens is 349 g/mol. The first-order valence-corrected chi connectivity index (χ1v) is 8.97. The number of hydrogen-bond donors (Lipinski definition) is 2. The van der Waals surface area contributed by atoms with Crippen LogP contribution in [0.5, 0.6) is 0 Å². The average Bonchev–Trinajstić information content (AvgIpc) is 2.69. The molecule has 1 aromatic carbocycles. The zero-order valence-electron chi connectivity index (χ0n) is 14.9. The lowest BCUT2D eigenvalue weighted by molar-refractivity contribution is -0.121. The molecule has 0 spiro atoms. The molecule has 0 bridgehead atoms. The van der Waals surface area contributed by atoms with Crippen molar-refractivity contribution in [1.29, 1.82) is 0 Å². The Morgan fingerprint density at radius 3 is 2.74 bits per heavy atom. The first-order chi connectivity index (χ1) is 13.1. The van der Waals surface area contributed by atoms with E-state index < -0.39 is 11.7 Å². The Balaban J connectivity index is 1.43. The highest BCUT2D eigenvalue weighted by molar-refractivity contribution is 5.94.